The predicted molar refractivity (Wildman–Crippen MR) is 69.7 cm³/mol. The maximum absolute atomic E-state index is 6.27. The molecule has 0 spiro atoms. The van der Waals surface area contributed by atoms with Crippen LogP contribution in [-0.4, -0.2) is 4.98 Å². The van der Waals surface area contributed by atoms with E-state index in [0.29, 0.717) is 0 Å². The molecule has 0 aliphatic heterocycles. The van der Waals surface area contributed by atoms with Crippen LogP contribution in [0.3, 0.4) is 0 Å². The first-order chi connectivity index (χ1) is 7.32. The van der Waals surface area contributed by atoms with Gasteiger partial charge in [-0.3, -0.25) is 0 Å². The average Bonchev–Trinajstić information content (AvgIpc) is 2.49. The number of nitrogens with one attached hydrogen (secondary N) is 1. The van der Waals surface area contributed by atoms with Gasteiger partial charge in [-0.1, -0.05) is 12.1 Å². The second-order valence-electron chi connectivity index (χ2n) is 5.30. The molecule has 3 N–H and O–H groups in total. The SMILES string of the molecule is Cc1[nH]c2c(C)ccc(C)c2c1C(C)(C)N. The second kappa shape index (κ2) is 3.36. The number of hydrogen-bond acceptors (Lipinski definition) is 1. The molecule has 16 heavy (non-hydrogen) atoms. The largest absolute Gasteiger partial charge is 0.358 e. The highest BCUT2D eigenvalue weighted by Crippen LogP contribution is 2.33. The third-order valence-corrected chi connectivity index (χ3v) is 3.20. The Kier molecular flexibility index (Phi) is 2.35. The van der Waals surface area contributed by atoms with Crippen LogP contribution in [0, 0.1) is 20.8 Å². The molecule has 0 radical (unpaired) electrons. The van der Waals surface area contributed by atoms with Gasteiger partial charge >= 0.3 is 0 Å². The van der Waals surface area contributed by atoms with E-state index in [9.17, 15) is 0 Å². The van der Waals surface area contributed by atoms with E-state index in [-0.39, 0.29) is 5.54 Å². The van der Waals surface area contributed by atoms with Crippen molar-refractivity contribution in [3.63, 3.8) is 0 Å². The smallest absolute Gasteiger partial charge is 0.0491 e. The highest BCUT2D eigenvalue weighted by molar-refractivity contribution is 5.91. The van der Waals surface area contributed by atoms with Crippen LogP contribution >= 0.6 is 0 Å². The summed E-state index contributed by atoms with van der Waals surface area (Å²) in [5.41, 5.74) is 12.2. The molecule has 1 heterocycles. The van der Waals surface area contributed by atoms with E-state index < -0.39 is 0 Å². The van der Waals surface area contributed by atoms with Crippen molar-refractivity contribution in [3.05, 3.63) is 34.5 Å². The Morgan fingerprint density at radius 1 is 1.06 bits per heavy atom. The summed E-state index contributed by atoms with van der Waals surface area (Å²) in [4.78, 5) is 3.46. The van der Waals surface area contributed by atoms with Crippen LogP contribution in [0.15, 0.2) is 12.1 Å². The van der Waals surface area contributed by atoms with E-state index in [1.807, 2.05) is 0 Å². The minimum absolute atomic E-state index is 0.305. The fourth-order valence-electron chi connectivity index (χ4n) is 2.54. The second-order valence-corrected chi connectivity index (χ2v) is 5.30. The first-order valence-electron chi connectivity index (χ1n) is 5.70. The zero-order valence-electron chi connectivity index (χ0n) is 10.7. The summed E-state index contributed by atoms with van der Waals surface area (Å²) >= 11 is 0. The van der Waals surface area contributed by atoms with Crippen LogP contribution in [0.4, 0.5) is 0 Å². The van der Waals surface area contributed by atoms with Gasteiger partial charge in [-0.2, -0.15) is 0 Å². The fraction of sp³-hybridized carbons (Fsp3) is 0.429. The van der Waals surface area contributed by atoms with Gasteiger partial charge in [-0.05, 0) is 51.3 Å². The lowest BCUT2D eigenvalue weighted by Crippen LogP contribution is -2.29. The first-order valence-corrected chi connectivity index (χ1v) is 5.70. The molecule has 0 unspecified atom stereocenters. The van der Waals surface area contributed by atoms with Crippen LogP contribution in [0.1, 0.15) is 36.2 Å². The summed E-state index contributed by atoms with van der Waals surface area (Å²) in [6, 6.07) is 4.32. The van der Waals surface area contributed by atoms with Gasteiger partial charge in [0.25, 0.3) is 0 Å². The molecule has 0 saturated heterocycles. The lowest BCUT2D eigenvalue weighted by atomic mass is 9.90. The molecule has 0 aliphatic rings. The highest BCUT2D eigenvalue weighted by Gasteiger charge is 2.23. The Hall–Kier alpha value is -1.28. The van der Waals surface area contributed by atoms with Crippen molar-refractivity contribution < 1.29 is 0 Å². The third kappa shape index (κ3) is 1.54. The number of aromatic amines is 1. The topological polar surface area (TPSA) is 41.8 Å². The Morgan fingerprint density at radius 3 is 2.19 bits per heavy atom. The van der Waals surface area contributed by atoms with E-state index >= 15 is 0 Å². The van der Waals surface area contributed by atoms with Crippen molar-refractivity contribution >= 4 is 10.9 Å². The van der Waals surface area contributed by atoms with Crippen molar-refractivity contribution in [1.29, 1.82) is 0 Å². The summed E-state index contributed by atoms with van der Waals surface area (Å²) in [6.07, 6.45) is 0. The molecule has 1 aromatic heterocycles. The van der Waals surface area contributed by atoms with E-state index in [1.165, 1.54) is 33.3 Å². The molecule has 0 bridgehead atoms. The number of aromatic nitrogens is 1. The first kappa shape index (κ1) is 11.2. The molecule has 2 aromatic rings. The van der Waals surface area contributed by atoms with Crippen LogP contribution in [-0.2, 0) is 5.54 Å². The fourth-order valence-corrected chi connectivity index (χ4v) is 2.54. The number of hydrogen-bond donors (Lipinski definition) is 2. The minimum Gasteiger partial charge on any atom is -0.358 e. The number of aryl methyl sites for hydroxylation is 3. The highest BCUT2D eigenvalue weighted by atomic mass is 14.8. The predicted octanol–water partition coefficient (Wildman–Crippen LogP) is 3.29. The standard InChI is InChI=1S/C14H20N2/c1-8-6-7-9(2)13-11(8)12(10(3)16-13)14(4,5)15/h6-7,16H,15H2,1-5H3. The molecule has 0 atom stereocenters. The maximum atomic E-state index is 6.27. The number of nitrogens with two attached hydrogens (primary N) is 1. The normalized spacial score (nSPS) is 12.4. The molecule has 0 amide bonds. The summed E-state index contributed by atoms with van der Waals surface area (Å²) in [5.74, 6) is 0. The van der Waals surface area contributed by atoms with Crippen molar-refractivity contribution in [2.24, 2.45) is 5.73 Å². The van der Waals surface area contributed by atoms with E-state index in [4.69, 9.17) is 5.73 Å². The number of benzene rings is 1. The summed E-state index contributed by atoms with van der Waals surface area (Å²) in [7, 11) is 0. The maximum Gasteiger partial charge on any atom is 0.0491 e. The summed E-state index contributed by atoms with van der Waals surface area (Å²) in [5, 5.41) is 1.30. The molecular formula is C14H20N2. The number of H-pyrrole nitrogens is 1. The molecular weight excluding hydrogens is 196 g/mol. The van der Waals surface area contributed by atoms with Gasteiger partial charge in [0.15, 0.2) is 0 Å². The average molecular weight is 216 g/mol. The molecule has 0 aliphatic carbocycles. The molecule has 0 saturated carbocycles. The van der Waals surface area contributed by atoms with Gasteiger partial charge < -0.3 is 10.7 Å². The quantitative estimate of drug-likeness (QED) is 0.754. The van der Waals surface area contributed by atoms with Crippen molar-refractivity contribution in [1.82, 2.24) is 4.98 Å². The van der Waals surface area contributed by atoms with Gasteiger partial charge in [-0.15, -0.1) is 0 Å². The van der Waals surface area contributed by atoms with Crippen LogP contribution in [0.2, 0.25) is 0 Å². The van der Waals surface area contributed by atoms with Crippen molar-refractivity contribution in [2.45, 2.75) is 40.2 Å². The van der Waals surface area contributed by atoms with Crippen molar-refractivity contribution in [2.75, 3.05) is 0 Å². The molecule has 1 aromatic carbocycles. The third-order valence-electron chi connectivity index (χ3n) is 3.20. The summed E-state index contributed by atoms with van der Waals surface area (Å²) in [6.45, 7) is 10.5. The Morgan fingerprint density at radius 2 is 1.62 bits per heavy atom. The van der Waals surface area contributed by atoms with Crippen LogP contribution < -0.4 is 5.73 Å². The Balaban J connectivity index is 2.94. The molecule has 0 fully saturated rings. The number of rotatable bonds is 1. The van der Waals surface area contributed by atoms with Crippen LogP contribution in [0.25, 0.3) is 10.9 Å². The van der Waals surface area contributed by atoms with Crippen molar-refractivity contribution in [3.8, 4) is 0 Å². The molecule has 2 nitrogen and oxygen atoms in total. The molecule has 2 heteroatoms. The van der Waals surface area contributed by atoms with Gasteiger partial charge in [0.2, 0.25) is 0 Å². The zero-order valence-corrected chi connectivity index (χ0v) is 10.7. The lowest BCUT2D eigenvalue weighted by molar-refractivity contribution is 0.555. The van der Waals surface area contributed by atoms with E-state index in [2.05, 4.69) is 51.7 Å². The lowest BCUT2D eigenvalue weighted by Gasteiger charge is -2.20. The van der Waals surface area contributed by atoms with Gasteiger partial charge in [0.05, 0.1) is 0 Å². The van der Waals surface area contributed by atoms with Gasteiger partial charge in [0.1, 0.15) is 0 Å². The van der Waals surface area contributed by atoms with Gasteiger partial charge in [-0.25, -0.2) is 0 Å². The van der Waals surface area contributed by atoms with E-state index in [1.54, 1.807) is 0 Å². The van der Waals surface area contributed by atoms with Crippen LogP contribution in [0.5, 0.6) is 0 Å². The Labute approximate surface area is 96.9 Å². The Bertz CT molecular complexity index is 542. The monoisotopic (exact) mass is 216 g/mol. The number of fused-ring (bicyclic) bond motifs is 1. The summed E-state index contributed by atoms with van der Waals surface area (Å²) < 4.78 is 0. The van der Waals surface area contributed by atoms with Gasteiger partial charge in [0, 0.05) is 22.1 Å². The van der Waals surface area contributed by atoms with E-state index in [0.717, 1.165) is 0 Å². The molecule has 86 valence electrons. The molecule has 2 rings (SSSR count). The zero-order chi connectivity index (χ0) is 12.1. The minimum atomic E-state index is -0.305.